The monoisotopic (exact) mass is 229 g/mol. The summed E-state index contributed by atoms with van der Waals surface area (Å²) in [5.74, 6) is 0. The fourth-order valence-corrected chi connectivity index (χ4v) is 2.46. The highest BCUT2D eigenvalue weighted by molar-refractivity contribution is 5.32. The van der Waals surface area contributed by atoms with E-state index in [1.54, 1.807) is 0 Å². The van der Waals surface area contributed by atoms with E-state index in [4.69, 9.17) is 0 Å². The van der Waals surface area contributed by atoms with Gasteiger partial charge in [0, 0.05) is 19.6 Å². The number of rotatable bonds is 2. The number of hydrogen-bond acceptors (Lipinski definition) is 1. The summed E-state index contributed by atoms with van der Waals surface area (Å²) in [6.07, 6.45) is 5.76. The summed E-state index contributed by atoms with van der Waals surface area (Å²) in [5.41, 5.74) is 3.20. The predicted octanol–water partition coefficient (Wildman–Crippen LogP) is 3.75. The second-order valence-electron chi connectivity index (χ2n) is 5.90. The van der Waals surface area contributed by atoms with Gasteiger partial charge < -0.3 is 0 Å². The Balaban J connectivity index is 2.17. The van der Waals surface area contributed by atoms with E-state index in [0.717, 1.165) is 13.1 Å². The first kappa shape index (κ1) is 12.4. The summed E-state index contributed by atoms with van der Waals surface area (Å²) in [6.45, 7) is 10.2. The van der Waals surface area contributed by atoms with Gasteiger partial charge in [0.1, 0.15) is 0 Å². The molecule has 0 amide bonds. The van der Waals surface area contributed by atoms with Crippen molar-refractivity contribution < 1.29 is 0 Å². The van der Waals surface area contributed by atoms with Crippen molar-refractivity contribution >= 4 is 0 Å². The minimum Gasteiger partial charge on any atom is -0.295 e. The summed E-state index contributed by atoms with van der Waals surface area (Å²) in [5, 5.41) is 0. The molecule has 92 valence electrons. The highest BCUT2D eigenvalue weighted by Crippen LogP contribution is 2.26. The van der Waals surface area contributed by atoms with E-state index in [-0.39, 0.29) is 5.41 Å². The Hall–Kier alpha value is -1.08. The third-order valence-corrected chi connectivity index (χ3v) is 3.36. The molecule has 0 saturated heterocycles. The third kappa shape index (κ3) is 3.19. The number of benzene rings is 1. The van der Waals surface area contributed by atoms with Crippen LogP contribution in [0.1, 0.15) is 38.3 Å². The molecule has 0 aliphatic carbocycles. The molecule has 0 radical (unpaired) electrons. The van der Waals surface area contributed by atoms with Crippen LogP contribution in [0.2, 0.25) is 0 Å². The van der Waals surface area contributed by atoms with Crippen molar-refractivity contribution in [2.24, 2.45) is 0 Å². The molecular formula is C16H23N. The van der Waals surface area contributed by atoms with Crippen LogP contribution in [0.15, 0.2) is 36.4 Å². The second kappa shape index (κ2) is 5.05. The van der Waals surface area contributed by atoms with E-state index >= 15 is 0 Å². The fraction of sp³-hybridized carbons (Fsp3) is 0.500. The Morgan fingerprint density at radius 3 is 2.53 bits per heavy atom. The lowest BCUT2D eigenvalue weighted by molar-refractivity contribution is 0.288. The van der Waals surface area contributed by atoms with Gasteiger partial charge in [-0.3, -0.25) is 4.90 Å². The molecule has 0 saturated carbocycles. The molecule has 0 atom stereocenters. The standard InChI is InChI=1S/C16H23N/c1-16(2,3)15-10-6-5-9-14(15)13-17-11-7-4-8-12-17/h4-7,9-10H,8,11-13H2,1-3H3. The summed E-state index contributed by atoms with van der Waals surface area (Å²) in [6, 6.07) is 8.86. The van der Waals surface area contributed by atoms with Crippen LogP contribution in [0, 0.1) is 0 Å². The van der Waals surface area contributed by atoms with Crippen LogP contribution in [0.3, 0.4) is 0 Å². The van der Waals surface area contributed by atoms with E-state index in [1.807, 2.05) is 0 Å². The van der Waals surface area contributed by atoms with Gasteiger partial charge in [-0.1, -0.05) is 57.2 Å². The Morgan fingerprint density at radius 2 is 1.88 bits per heavy atom. The van der Waals surface area contributed by atoms with E-state index < -0.39 is 0 Å². The quantitative estimate of drug-likeness (QED) is 0.698. The zero-order valence-electron chi connectivity index (χ0n) is 11.2. The van der Waals surface area contributed by atoms with Gasteiger partial charge in [-0.05, 0) is 23.0 Å². The topological polar surface area (TPSA) is 3.24 Å². The molecule has 1 heteroatoms. The normalized spacial score (nSPS) is 17.4. The van der Waals surface area contributed by atoms with Crippen molar-refractivity contribution in [3.8, 4) is 0 Å². The summed E-state index contributed by atoms with van der Waals surface area (Å²) < 4.78 is 0. The largest absolute Gasteiger partial charge is 0.295 e. The van der Waals surface area contributed by atoms with Crippen LogP contribution in [0.4, 0.5) is 0 Å². The fourth-order valence-electron chi connectivity index (χ4n) is 2.46. The Morgan fingerprint density at radius 1 is 1.12 bits per heavy atom. The lowest BCUT2D eigenvalue weighted by Gasteiger charge is -2.28. The average Bonchev–Trinajstić information content (AvgIpc) is 2.30. The van der Waals surface area contributed by atoms with Gasteiger partial charge in [-0.2, -0.15) is 0 Å². The van der Waals surface area contributed by atoms with E-state index in [2.05, 4.69) is 62.1 Å². The van der Waals surface area contributed by atoms with Crippen LogP contribution >= 0.6 is 0 Å². The predicted molar refractivity (Wildman–Crippen MR) is 74.2 cm³/mol. The van der Waals surface area contributed by atoms with Crippen molar-refractivity contribution in [2.45, 2.75) is 39.2 Å². The first-order valence-electron chi connectivity index (χ1n) is 6.53. The van der Waals surface area contributed by atoms with E-state index in [9.17, 15) is 0 Å². The molecule has 1 aromatic rings. The zero-order valence-corrected chi connectivity index (χ0v) is 11.2. The Labute approximate surface area is 105 Å². The first-order valence-corrected chi connectivity index (χ1v) is 6.53. The Kier molecular flexibility index (Phi) is 3.68. The SMILES string of the molecule is CC(C)(C)c1ccccc1CN1CC=CCC1. The molecule has 0 N–H and O–H groups in total. The molecule has 1 aromatic carbocycles. The molecule has 0 spiro atoms. The van der Waals surface area contributed by atoms with Crippen LogP contribution in [-0.4, -0.2) is 18.0 Å². The van der Waals surface area contributed by atoms with E-state index in [1.165, 1.54) is 24.1 Å². The molecule has 0 unspecified atom stereocenters. The summed E-state index contributed by atoms with van der Waals surface area (Å²) >= 11 is 0. The van der Waals surface area contributed by atoms with Gasteiger partial charge in [-0.25, -0.2) is 0 Å². The molecule has 0 aromatic heterocycles. The molecule has 0 fully saturated rings. The van der Waals surface area contributed by atoms with Gasteiger partial charge in [0.25, 0.3) is 0 Å². The third-order valence-electron chi connectivity index (χ3n) is 3.36. The highest BCUT2D eigenvalue weighted by atomic mass is 15.1. The van der Waals surface area contributed by atoms with Crippen LogP contribution in [-0.2, 0) is 12.0 Å². The van der Waals surface area contributed by atoms with Gasteiger partial charge in [-0.15, -0.1) is 0 Å². The molecule has 1 nitrogen and oxygen atoms in total. The van der Waals surface area contributed by atoms with Crippen molar-refractivity contribution in [3.63, 3.8) is 0 Å². The summed E-state index contributed by atoms with van der Waals surface area (Å²) in [7, 11) is 0. The highest BCUT2D eigenvalue weighted by Gasteiger charge is 2.18. The van der Waals surface area contributed by atoms with Crippen LogP contribution < -0.4 is 0 Å². The van der Waals surface area contributed by atoms with Gasteiger partial charge in [0.15, 0.2) is 0 Å². The minimum absolute atomic E-state index is 0.238. The van der Waals surface area contributed by atoms with E-state index in [0.29, 0.717) is 0 Å². The maximum Gasteiger partial charge on any atom is 0.0240 e. The molecule has 1 aliphatic heterocycles. The zero-order chi connectivity index (χ0) is 12.3. The summed E-state index contributed by atoms with van der Waals surface area (Å²) in [4.78, 5) is 2.52. The molecular weight excluding hydrogens is 206 g/mol. The average molecular weight is 229 g/mol. The maximum absolute atomic E-state index is 2.52. The lowest BCUT2D eigenvalue weighted by Crippen LogP contribution is -2.28. The smallest absolute Gasteiger partial charge is 0.0240 e. The number of hydrogen-bond donors (Lipinski definition) is 0. The van der Waals surface area contributed by atoms with Gasteiger partial charge in [0.05, 0.1) is 0 Å². The van der Waals surface area contributed by atoms with Gasteiger partial charge in [0.2, 0.25) is 0 Å². The minimum atomic E-state index is 0.238. The van der Waals surface area contributed by atoms with Crippen LogP contribution in [0.5, 0.6) is 0 Å². The molecule has 2 rings (SSSR count). The molecule has 17 heavy (non-hydrogen) atoms. The first-order chi connectivity index (χ1) is 8.07. The molecule has 1 aliphatic rings. The number of nitrogens with zero attached hydrogens (tertiary/aromatic N) is 1. The second-order valence-corrected chi connectivity index (χ2v) is 5.90. The molecule has 0 bridgehead atoms. The maximum atomic E-state index is 2.52. The van der Waals surface area contributed by atoms with Crippen molar-refractivity contribution in [3.05, 3.63) is 47.5 Å². The van der Waals surface area contributed by atoms with Crippen molar-refractivity contribution in [2.75, 3.05) is 13.1 Å². The lowest BCUT2D eigenvalue weighted by atomic mass is 9.83. The van der Waals surface area contributed by atoms with Crippen molar-refractivity contribution in [1.29, 1.82) is 0 Å². The van der Waals surface area contributed by atoms with Crippen molar-refractivity contribution in [1.82, 2.24) is 4.90 Å². The van der Waals surface area contributed by atoms with Gasteiger partial charge >= 0.3 is 0 Å². The molecule has 1 heterocycles. The Bertz CT molecular complexity index is 398. The van der Waals surface area contributed by atoms with Crippen LogP contribution in [0.25, 0.3) is 0 Å².